The van der Waals surface area contributed by atoms with Crippen molar-refractivity contribution in [3.8, 4) is 0 Å². The van der Waals surface area contributed by atoms with Crippen LogP contribution in [0.3, 0.4) is 0 Å². The Morgan fingerprint density at radius 2 is 1.91 bits per heavy atom. The molecule has 1 saturated heterocycles. The van der Waals surface area contributed by atoms with Gasteiger partial charge in [0.15, 0.2) is 0 Å². The van der Waals surface area contributed by atoms with Crippen molar-refractivity contribution in [3.63, 3.8) is 0 Å². The summed E-state index contributed by atoms with van der Waals surface area (Å²) in [6, 6.07) is 13.6. The fourth-order valence-electron chi connectivity index (χ4n) is 2.40. The molecule has 0 spiro atoms. The molecule has 1 fully saturated rings. The summed E-state index contributed by atoms with van der Waals surface area (Å²) in [5.74, 6) is -0.514. The average Bonchev–Trinajstić information content (AvgIpc) is 2.76. The molecule has 6 heteroatoms. The Morgan fingerprint density at radius 1 is 1.14 bits per heavy atom. The molecule has 0 aromatic heterocycles. The predicted molar refractivity (Wildman–Crippen MR) is 90.1 cm³/mol. The Hall–Kier alpha value is -1.85. The number of benzene rings is 2. The molecule has 4 nitrogen and oxygen atoms in total. The highest BCUT2D eigenvalue weighted by Crippen LogP contribution is 2.29. The lowest BCUT2D eigenvalue weighted by atomic mass is 10.2. The molecule has 112 valence electrons. The van der Waals surface area contributed by atoms with Crippen LogP contribution in [0.2, 0.25) is 5.02 Å². The molecular formula is C16H12BrClN2O2. The second kappa shape index (κ2) is 6.10. The fourth-order valence-corrected chi connectivity index (χ4v) is 2.98. The van der Waals surface area contributed by atoms with E-state index >= 15 is 0 Å². The summed E-state index contributed by atoms with van der Waals surface area (Å²) in [5, 5.41) is 3.60. The summed E-state index contributed by atoms with van der Waals surface area (Å²) in [6.07, 6.45) is 0.118. The summed E-state index contributed by atoms with van der Waals surface area (Å²) in [4.78, 5) is 25.9. The lowest BCUT2D eigenvalue weighted by Gasteiger charge is -2.16. The van der Waals surface area contributed by atoms with Gasteiger partial charge in [-0.15, -0.1) is 0 Å². The van der Waals surface area contributed by atoms with Crippen molar-refractivity contribution < 1.29 is 9.59 Å². The standard InChI is InChI=1S/C16H12BrClN2O2/c17-12-6-1-2-7-13(12)19-14-9-15(21)20(16(14)22)11-5-3-4-10(18)8-11/h1-8,14,19H,9H2. The number of para-hydroxylation sites is 1. The Kier molecular flexibility index (Phi) is 4.18. The van der Waals surface area contributed by atoms with E-state index < -0.39 is 6.04 Å². The Morgan fingerprint density at radius 3 is 2.64 bits per heavy atom. The van der Waals surface area contributed by atoms with Crippen molar-refractivity contribution in [2.45, 2.75) is 12.5 Å². The van der Waals surface area contributed by atoms with Crippen LogP contribution >= 0.6 is 27.5 Å². The van der Waals surface area contributed by atoms with Crippen molar-refractivity contribution in [1.29, 1.82) is 0 Å². The lowest BCUT2D eigenvalue weighted by Crippen LogP contribution is -2.34. The van der Waals surface area contributed by atoms with Gasteiger partial charge in [0.1, 0.15) is 6.04 Å². The molecule has 0 saturated carbocycles. The maximum atomic E-state index is 12.5. The number of nitrogens with zero attached hydrogens (tertiary/aromatic N) is 1. The molecule has 2 aromatic rings. The molecule has 1 aliphatic rings. The van der Waals surface area contributed by atoms with Gasteiger partial charge in [-0.1, -0.05) is 29.8 Å². The number of carbonyl (C=O) groups excluding carboxylic acids is 2. The first-order valence-electron chi connectivity index (χ1n) is 6.69. The number of imide groups is 1. The van der Waals surface area contributed by atoms with Crippen LogP contribution in [0.4, 0.5) is 11.4 Å². The molecule has 1 heterocycles. The van der Waals surface area contributed by atoms with Gasteiger partial charge in [0.2, 0.25) is 5.91 Å². The molecule has 3 rings (SSSR count). The number of rotatable bonds is 3. The molecule has 0 radical (unpaired) electrons. The van der Waals surface area contributed by atoms with E-state index in [9.17, 15) is 9.59 Å². The van der Waals surface area contributed by atoms with Crippen LogP contribution in [0, 0.1) is 0 Å². The summed E-state index contributed by atoms with van der Waals surface area (Å²) in [6.45, 7) is 0. The summed E-state index contributed by atoms with van der Waals surface area (Å²) in [7, 11) is 0. The number of carbonyl (C=O) groups is 2. The van der Waals surface area contributed by atoms with Crippen molar-refractivity contribution in [2.75, 3.05) is 10.2 Å². The van der Waals surface area contributed by atoms with Gasteiger partial charge < -0.3 is 5.32 Å². The third-order valence-corrected chi connectivity index (χ3v) is 4.34. The molecule has 0 aliphatic carbocycles. The van der Waals surface area contributed by atoms with E-state index in [0.29, 0.717) is 10.7 Å². The van der Waals surface area contributed by atoms with Crippen LogP contribution in [0.15, 0.2) is 53.0 Å². The molecule has 2 aromatic carbocycles. The second-order valence-corrected chi connectivity index (χ2v) is 6.22. The van der Waals surface area contributed by atoms with Crippen LogP contribution in [-0.2, 0) is 9.59 Å². The number of halogens is 2. The zero-order valence-corrected chi connectivity index (χ0v) is 13.8. The summed E-state index contributed by atoms with van der Waals surface area (Å²) in [5.41, 5.74) is 1.28. The first-order valence-corrected chi connectivity index (χ1v) is 7.87. The van der Waals surface area contributed by atoms with Gasteiger partial charge in [-0.3, -0.25) is 9.59 Å². The van der Waals surface area contributed by atoms with Gasteiger partial charge in [0.05, 0.1) is 12.1 Å². The van der Waals surface area contributed by atoms with Gasteiger partial charge in [0.25, 0.3) is 5.91 Å². The van der Waals surface area contributed by atoms with Crippen LogP contribution < -0.4 is 10.2 Å². The molecule has 22 heavy (non-hydrogen) atoms. The minimum Gasteiger partial charge on any atom is -0.372 e. The normalized spacial score (nSPS) is 17.9. The number of hydrogen-bond acceptors (Lipinski definition) is 3. The number of nitrogens with one attached hydrogen (secondary N) is 1. The van der Waals surface area contributed by atoms with Crippen LogP contribution in [-0.4, -0.2) is 17.9 Å². The fraction of sp³-hybridized carbons (Fsp3) is 0.125. The van der Waals surface area contributed by atoms with Crippen LogP contribution in [0.5, 0.6) is 0 Å². The molecule has 1 unspecified atom stereocenters. The molecule has 1 atom stereocenters. The Bertz CT molecular complexity index is 750. The average molecular weight is 380 g/mol. The molecule has 1 aliphatic heterocycles. The maximum absolute atomic E-state index is 12.5. The van der Waals surface area contributed by atoms with E-state index in [1.54, 1.807) is 24.3 Å². The largest absolute Gasteiger partial charge is 0.372 e. The number of hydrogen-bond donors (Lipinski definition) is 1. The number of amides is 2. The van der Waals surface area contributed by atoms with E-state index in [-0.39, 0.29) is 18.2 Å². The van der Waals surface area contributed by atoms with Crippen molar-refractivity contribution in [1.82, 2.24) is 0 Å². The zero-order chi connectivity index (χ0) is 15.7. The highest BCUT2D eigenvalue weighted by atomic mass is 79.9. The van der Waals surface area contributed by atoms with E-state index in [2.05, 4.69) is 21.2 Å². The first kappa shape index (κ1) is 15.1. The highest BCUT2D eigenvalue weighted by Gasteiger charge is 2.39. The molecular weight excluding hydrogens is 368 g/mol. The van der Waals surface area contributed by atoms with Gasteiger partial charge >= 0.3 is 0 Å². The molecule has 1 N–H and O–H groups in total. The monoisotopic (exact) mass is 378 g/mol. The van der Waals surface area contributed by atoms with E-state index in [1.807, 2.05) is 24.3 Å². The topological polar surface area (TPSA) is 49.4 Å². The summed E-state index contributed by atoms with van der Waals surface area (Å²) < 4.78 is 0.844. The smallest absolute Gasteiger partial charge is 0.256 e. The quantitative estimate of drug-likeness (QED) is 0.824. The Labute approximate surface area is 141 Å². The second-order valence-electron chi connectivity index (χ2n) is 4.93. The van der Waals surface area contributed by atoms with Crippen molar-refractivity contribution in [2.24, 2.45) is 0 Å². The van der Waals surface area contributed by atoms with E-state index in [1.165, 1.54) is 4.90 Å². The zero-order valence-electron chi connectivity index (χ0n) is 11.4. The Balaban J connectivity index is 1.84. The SMILES string of the molecule is O=C1CC(Nc2ccccc2Br)C(=O)N1c1cccc(Cl)c1. The molecule has 0 bridgehead atoms. The van der Waals surface area contributed by atoms with Crippen molar-refractivity contribution in [3.05, 3.63) is 58.0 Å². The van der Waals surface area contributed by atoms with Gasteiger partial charge in [0, 0.05) is 15.2 Å². The third kappa shape index (κ3) is 2.87. The number of anilines is 2. The molecule has 2 amide bonds. The van der Waals surface area contributed by atoms with E-state index in [0.717, 1.165) is 10.2 Å². The van der Waals surface area contributed by atoms with Gasteiger partial charge in [-0.25, -0.2) is 4.90 Å². The summed E-state index contributed by atoms with van der Waals surface area (Å²) >= 11 is 9.35. The minimum atomic E-state index is -0.579. The maximum Gasteiger partial charge on any atom is 0.256 e. The third-order valence-electron chi connectivity index (χ3n) is 3.42. The van der Waals surface area contributed by atoms with Gasteiger partial charge in [-0.05, 0) is 46.3 Å². The van der Waals surface area contributed by atoms with E-state index in [4.69, 9.17) is 11.6 Å². The lowest BCUT2D eigenvalue weighted by molar-refractivity contribution is -0.121. The highest BCUT2D eigenvalue weighted by molar-refractivity contribution is 9.10. The predicted octanol–water partition coefficient (Wildman–Crippen LogP) is 3.85. The van der Waals surface area contributed by atoms with Gasteiger partial charge in [-0.2, -0.15) is 0 Å². The van der Waals surface area contributed by atoms with Crippen LogP contribution in [0.1, 0.15) is 6.42 Å². The minimum absolute atomic E-state index is 0.118. The first-order chi connectivity index (χ1) is 10.6. The van der Waals surface area contributed by atoms with Crippen LogP contribution in [0.25, 0.3) is 0 Å². The van der Waals surface area contributed by atoms with Crippen molar-refractivity contribution >= 4 is 50.7 Å².